The van der Waals surface area contributed by atoms with Crippen LogP contribution in [0.15, 0.2) is 54.6 Å². The molecule has 5 nitrogen and oxygen atoms in total. The van der Waals surface area contributed by atoms with E-state index in [2.05, 4.69) is 19.2 Å². The van der Waals surface area contributed by atoms with Gasteiger partial charge in [0.15, 0.2) is 6.61 Å². The molecule has 29 heavy (non-hydrogen) atoms. The van der Waals surface area contributed by atoms with Crippen molar-refractivity contribution in [1.29, 1.82) is 0 Å². The maximum Gasteiger partial charge on any atom is 0.261 e. The summed E-state index contributed by atoms with van der Waals surface area (Å²) in [7, 11) is 0. The minimum absolute atomic E-state index is 0.00722. The second kappa shape index (κ2) is 10.6. The lowest BCUT2D eigenvalue weighted by atomic mass is 10.0. The molecule has 0 aliphatic carbocycles. The highest BCUT2D eigenvalue weighted by Crippen LogP contribution is 2.26. The lowest BCUT2D eigenvalue weighted by molar-refractivity contribution is -0.142. The number of benzene rings is 2. The van der Waals surface area contributed by atoms with E-state index in [1.165, 1.54) is 0 Å². The molecule has 0 aliphatic rings. The van der Waals surface area contributed by atoms with Crippen LogP contribution in [-0.4, -0.2) is 35.4 Å². The number of nitrogens with one attached hydrogen (secondary N) is 1. The summed E-state index contributed by atoms with van der Waals surface area (Å²) in [5, 5.41) is 2.89. The maximum absolute atomic E-state index is 13.1. The molecule has 5 heteroatoms. The van der Waals surface area contributed by atoms with Gasteiger partial charge in [0.05, 0.1) is 0 Å². The fourth-order valence-electron chi connectivity index (χ4n) is 3.08. The van der Waals surface area contributed by atoms with E-state index in [0.717, 1.165) is 11.1 Å². The standard InChI is InChI=1S/C24H32N2O3/c1-17(2)21-13-9-10-14-22(21)29-16-23(27)26(15-20-11-7-6-8-12-20)19(5)24(28)25-18(3)4/h6-14,17-19H,15-16H2,1-5H3,(H,25,28)/t19-/m0/s1. The van der Waals surface area contributed by atoms with Gasteiger partial charge in [0.1, 0.15) is 11.8 Å². The van der Waals surface area contributed by atoms with E-state index >= 15 is 0 Å². The zero-order chi connectivity index (χ0) is 21.4. The molecule has 2 aromatic carbocycles. The van der Waals surface area contributed by atoms with Gasteiger partial charge in [0, 0.05) is 12.6 Å². The molecule has 0 heterocycles. The molecule has 0 bridgehead atoms. The zero-order valence-electron chi connectivity index (χ0n) is 18.0. The summed E-state index contributed by atoms with van der Waals surface area (Å²) < 4.78 is 5.87. The van der Waals surface area contributed by atoms with Gasteiger partial charge in [-0.3, -0.25) is 9.59 Å². The maximum atomic E-state index is 13.1. The number of amides is 2. The number of hydrogen-bond acceptors (Lipinski definition) is 3. The van der Waals surface area contributed by atoms with Gasteiger partial charge in [-0.25, -0.2) is 0 Å². The second-order valence-electron chi connectivity index (χ2n) is 7.83. The van der Waals surface area contributed by atoms with Crippen molar-refractivity contribution in [2.75, 3.05) is 6.61 Å². The lowest BCUT2D eigenvalue weighted by Crippen LogP contribution is -2.50. The number of hydrogen-bond donors (Lipinski definition) is 1. The molecule has 0 spiro atoms. The molecule has 1 N–H and O–H groups in total. The number of para-hydroxylation sites is 1. The highest BCUT2D eigenvalue weighted by Gasteiger charge is 2.27. The van der Waals surface area contributed by atoms with Crippen molar-refractivity contribution in [1.82, 2.24) is 10.2 Å². The monoisotopic (exact) mass is 396 g/mol. The van der Waals surface area contributed by atoms with Crippen LogP contribution in [0.4, 0.5) is 0 Å². The molecule has 0 radical (unpaired) electrons. The molecule has 0 saturated heterocycles. The molecule has 0 aromatic heterocycles. The van der Waals surface area contributed by atoms with E-state index in [-0.39, 0.29) is 30.4 Å². The van der Waals surface area contributed by atoms with Crippen LogP contribution in [0, 0.1) is 0 Å². The SMILES string of the molecule is CC(C)NC(=O)[C@H](C)N(Cc1ccccc1)C(=O)COc1ccccc1C(C)C. The van der Waals surface area contributed by atoms with Gasteiger partial charge in [-0.05, 0) is 43.9 Å². The summed E-state index contributed by atoms with van der Waals surface area (Å²) in [5.74, 6) is 0.595. The van der Waals surface area contributed by atoms with Gasteiger partial charge in [-0.2, -0.15) is 0 Å². The average molecular weight is 397 g/mol. The summed E-state index contributed by atoms with van der Waals surface area (Å²) in [5.41, 5.74) is 2.02. The summed E-state index contributed by atoms with van der Waals surface area (Å²) in [6, 6.07) is 16.8. The van der Waals surface area contributed by atoms with Gasteiger partial charge < -0.3 is 15.0 Å². The minimum Gasteiger partial charge on any atom is -0.483 e. The van der Waals surface area contributed by atoms with Gasteiger partial charge in [0.25, 0.3) is 5.91 Å². The predicted octanol–water partition coefficient (Wildman–Crippen LogP) is 4.13. The Morgan fingerprint density at radius 2 is 1.55 bits per heavy atom. The Bertz CT molecular complexity index is 803. The predicted molar refractivity (Wildman–Crippen MR) is 116 cm³/mol. The van der Waals surface area contributed by atoms with E-state index in [4.69, 9.17) is 4.74 Å². The van der Waals surface area contributed by atoms with Gasteiger partial charge in [-0.15, -0.1) is 0 Å². The third-order valence-corrected chi connectivity index (χ3v) is 4.69. The molecule has 2 amide bonds. The molecule has 2 aromatic rings. The van der Waals surface area contributed by atoms with E-state index in [0.29, 0.717) is 12.3 Å². The van der Waals surface area contributed by atoms with Crippen LogP contribution in [0.5, 0.6) is 5.75 Å². The second-order valence-corrected chi connectivity index (χ2v) is 7.83. The topological polar surface area (TPSA) is 58.6 Å². The number of nitrogens with zero attached hydrogens (tertiary/aromatic N) is 1. The van der Waals surface area contributed by atoms with Crippen molar-refractivity contribution in [3.05, 3.63) is 65.7 Å². The summed E-state index contributed by atoms with van der Waals surface area (Å²) >= 11 is 0. The van der Waals surface area contributed by atoms with Crippen molar-refractivity contribution >= 4 is 11.8 Å². The van der Waals surface area contributed by atoms with Gasteiger partial charge in [-0.1, -0.05) is 62.4 Å². The summed E-state index contributed by atoms with van der Waals surface area (Å²) in [6.07, 6.45) is 0. The smallest absolute Gasteiger partial charge is 0.261 e. The van der Waals surface area contributed by atoms with Crippen molar-refractivity contribution in [2.24, 2.45) is 0 Å². The first-order valence-corrected chi connectivity index (χ1v) is 10.1. The Labute approximate surface area is 174 Å². The van der Waals surface area contributed by atoms with Crippen molar-refractivity contribution in [2.45, 2.75) is 59.2 Å². The number of ether oxygens (including phenoxy) is 1. The lowest BCUT2D eigenvalue weighted by Gasteiger charge is -2.29. The Hall–Kier alpha value is -2.82. The van der Waals surface area contributed by atoms with Crippen molar-refractivity contribution < 1.29 is 14.3 Å². The van der Waals surface area contributed by atoms with Crippen LogP contribution >= 0.6 is 0 Å². The largest absolute Gasteiger partial charge is 0.483 e. The molecule has 0 unspecified atom stereocenters. The molecular formula is C24H32N2O3. The zero-order valence-corrected chi connectivity index (χ0v) is 18.0. The first-order chi connectivity index (χ1) is 13.8. The minimum atomic E-state index is -0.603. The van der Waals surface area contributed by atoms with E-state index < -0.39 is 6.04 Å². The number of carbonyl (C=O) groups excluding carboxylic acids is 2. The highest BCUT2D eigenvalue weighted by molar-refractivity contribution is 5.88. The Morgan fingerprint density at radius 1 is 0.931 bits per heavy atom. The van der Waals surface area contributed by atoms with Gasteiger partial charge >= 0.3 is 0 Å². The number of rotatable bonds is 9. The van der Waals surface area contributed by atoms with E-state index in [1.54, 1.807) is 11.8 Å². The summed E-state index contributed by atoms with van der Waals surface area (Å²) in [4.78, 5) is 27.2. The third kappa shape index (κ3) is 6.63. The van der Waals surface area contributed by atoms with Crippen LogP contribution in [-0.2, 0) is 16.1 Å². The third-order valence-electron chi connectivity index (χ3n) is 4.69. The fourth-order valence-corrected chi connectivity index (χ4v) is 3.08. The normalized spacial score (nSPS) is 12.0. The first-order valence-electron chi connectivity index (χ1n) is 10.1. The van der Waals surface area contributed by atoms with E-state index in [1.807, 2.05) is 68.4 Å². The highest BCUT2D eigenvalue weighted by atomic mass is 16.5. The van der Waals surface area contributed by atoms with Crippen molar-refractivity contribution in [3.8, 4) is 5.75 Å². The molecule has 0 fully saturated rings. The number of carbonyl (C=O) groups is 2. The van der Waals surface area contributed by atoms with Crippen LogP contribution in [0.1, 0.15) is 51.7 Å². The molecule has 0 saturated carbocycles. The van der Waals surface area contributed by atoms with Crippen LogP contribution in [0.25, 0.3) is 0 Å². The molecular weight excluding hydrogens is 364 g/mol. The van der Waals surface area contributed by atoms with Crippen LogP contribution in [0.2, 0.25) is 0 Å². The van der Waals surface area contributed by atoms with Crippen molar-refractivity contribution in [3.63, 3.8) is 0 Å². The van der Waals surface area contributed by atoms with Crippen LogP contribution in [0.3, 0.4) is 0 Å². The summed E-state index contributed by atoms with van der Waals surface area (Å²) in [6.45, 7) is 9.96. The van der Waals surface area contributed by atoms with E-state index in [9.17, 15) is 9.59 Å². The Balaban J connectivity index is 2.16. The molecule has 1 atom stereocenters. The van der Waals surface area contributed by atoms with Crippen LogP contribution < -0.4 is 10.1 Å². The average Bonchev–Trinajstić information content (AvgIpc) is 2.70. The molecule has 156 valence electrons. The Morgan fingerprint density at radius 3 is 2.17 bits per heavy atom. The Kier molecular flexibility index (Phi) is 8.25. The first kappa shape index (κ1) is 22.5. The molecule has 2 rings (SSSR count). The van der Waals surface area contributed by atoms with Gasteiger partial charge in [0.2, 0.25) is 5.91 Å². The fraction of sp³-hybridized carbons (Fsp3) is 0.417. The molecule has 0 aliphatic heterocycles. The quantitative estimate of drug-likeness (QED) is 0.693.